The molecule has 130 valence electrons. The minimum Gasteiger partial charge on any atom is -0.457 e. The minimum absolute atomic E-state index is 0. The van der Waals surface area contributed by atoms with E-state index < -0.39 is 0 Å². The summed E-state index contributed by atoms with van der Waals surface area (Å²) in [6.07, 6.45) is 3.83. The molecule has 0 spiro atoms. The quantitative estimate of drug-likeness (QED) is 0.819. The van der Waals surface area contributed by atoms with Crippen molar-refractivity contribution in [3.05, 3.63) is 54.4 Å². The summed E-state index contributed by atoms with van der Waals surface area (Å²) in [6.45, 7) is 0.455. The lowest BCUT2D eigenvalue weighted by molar-refractivity contribution is 0.0928. The fraction of sp³-hybridized carbons (Fsp3) is 0.294. The Hall–Kier alpha value is -1.82. The van der Waals surface area contributed by atoms with Crippen LogP contribution in [0.15, 0.2) is 48.7 Å². The molecule has 1 heterocycles. The number of carbonyl (C=O) groups excluding carboxylic acids is 1. The van der Waals surface area contributed by atoms with Gasteiger partial charge in [-0.3, -0.25) is 9.78 Å². The molecule has 24 heavy (non-hydrogen) atoms. The maximum atomic E-state index is 12.3. The summed E-state index contributed by atoms with van der Waals surface area (Å²) in [4.78, 5) is 16.4. The number of pyridine rings is 1. The Morgan fingerprint density at radius 2 is 1.92 bits per heavy atom. The Morgan fingerprint density at radius 1 is 1.21 bits per heavy atom. The molecule has 1 aromatic heterocycles. The van der Waals surface area contributed by atoms with Crippen molar-refractivity contribution in [2.75, 3.05) is 6.54 Å². The topological polar surface area (TPSA) is 77.2 Å². The van der Waals surface area contributed by atoms with Gasteiger partial charge >= 0.3 is 0 Å². The van der Waals surface area contributed by atoms with Gasteiger partial charge in [0.25, 0.3) is 5.91 Å². The normalized spacial score (nSPS) is 13.9. The molecule has 1 saturated carbocycles. The molecule has 7 heteroatoms. The zero-order valence-electron chi connectivity index (χ0n) is 13.1. The fourth-order valence-corrected chi connectivity index (χ4v) is 2.33. The number of halogens is 2. The lowest BCUT2D eigenvalue weighted by atomic mass is 10.2. The summed E-state index contributed by atoms with van der Waals surface area (Å²) < 4.78 is 5.72. The largest absolute Gasteiger partial charge is 0.457 e. The van der Waals surface area contributed by atoms with Crippen molar-refractivity contribution >= 4 is 30.7 Å². The van der Waals surface area contributed by atoms with E-state index in [2.05, 4.69) is 10.3 Å². The number of hydrogen-bond donors (Lipinski definition) is 2. The van der Waals surface area contributed by atoms with Crippen LogP contribution in [0.1, 0.15) is 23.3 Å². The zero-order chi connectivity index (χ0) is 15.4. The molecule has 3 N–H and O–H groups in total. The molecule has 1 aliphatic carbocycles. The Kier molecular flexibility index (Phi) is 7.98. The summed E-state index contributed by atoms with van der Waals surface area (Å²) in [5.41, 5.74) is 6.05. The maximum Gasteiger partial charge on any atom is 0.270 e. The molecule has 1 amide bonds. The highest BCUT2D eigenvalue weighted by Gasteiger charge is 2.31. The number of rotatable bonds is 6. The van der Waals surface area contributed by atoms with Crippen LogP contribution in [0.4, 0.5) is 0 Å². The lowest BCUT2D eigenvalue weighted by Gasteiger charge is -2.15. The van der Waals surface area contributed by atoms with Gasteiger partial charge in [0.1, 0.15) is 17.2 Å². The van der Waals surface area contributed by atoms with Crippen LogP contribution in [0.2, 0.25) is 0 Å². The van der Waals surface area contributed by atoms with Crippen LogP contribution in [0, 0.1) is 5.92 Å². The second kappa shape index (κ2) is 9.47. The van der Waals surface area contributed by atoms with Crippen LogP contribution in [-0.2, 0) is 0 Å². The maximum absolute atomic E-state index is 12.3. The highest BCUT2D eigenvalue weighted by molar-refractivity contribution is 5.92. The van der Waals surface area contributed by atoms with Crippen molar-refractivity contribution in [1.82, 2.24) is 10.3 Å². The van der Waals surface area contributed by atoms with E-state index in [1.807, 2.05) is 30.3 Å². The smallest absolute Gasteiger partial charge is 0.270 e. The number of ether oxygens (including phenoxy) is 1. The molecule has 1 aromatic carbocycles. The number of nitrogens with one attached hydrogen (secondary N) is 1. The van der Waals surface area contributed by atoms with Crippen molar-refractivity contribution in [2.24, 2.45) is 11.7 Å². The molecule has 1 atom stereocenters. The van der Waals surface area contributed by atoms with Crippen molar-refractivity contribution < 1.29 is 9.53 Å². The zero-order valence-corrected chi connectivity index (χ0v) is 14.7. The van der Waals surface area contributed by atoms with E-state index in [0.717, 1.165) is 18.6 Å². The Labute approximate surface area is 153 Å². The molecular weight excluding hydrogens is 349 g/mol. The molecule has 1 fully saturated rings. The fourth-order valence-electron chi connectivity index (χ4n) is 2.33. The van der Waals surface area contributed by atoms with Crippen LogP contribution in [0.3, 0.4) is 0 Å². The lowest BCUT2D eigenvalue weighted by Crippen LogP contribution is -2.42. The predicted octanol–water partition coefficient (Wildman–Crippen LogP) is 3.18. The molecule has 3 rings (SSSR count). The van der Waals surface area contributed by atoms with Gasteiger partial charge in [0.15, 0.2) is 0 Å². The van der Waals surface area contributed by atoms with Crippen molar-refractivity contribution in [3.8, 4) is 11.5 Å². The molecule has 0 saturated heterocycles. The predicted molar refractivity (Wildman–Crippen MR) is 98.3 cm³/mol. The van der Waals surface area contributed by atoms with Gasteiger partial charge < -0.3 is 15.8 Å². The van der Waals surface area contributed by atoms with E-state index >= 15 is 0 Å². The average molecular weight is 370 g/mol. The highest BCUT2D eigenvalue weighted by atomic mass is 35.5. The third-order valence-corrected chi connectivity index (χ3v) is 3.70. The standard InChI is InChI=1S/C17H19N3O2.2ClH/c18-11-16(12-6-7-12)20-17(21)15-10-14(8-9-19-15)22-13-4-2-1-3-5-13;;/h1-5,8-10,12,16H,6-7,11,18H2,(H,20,21);2*1H. The van der Waals surface area contributed by atoms with Gasteiger partial charge in [-0.15, -0.1) is 24.8 Å². The molecule has 0 aliphatic heterocycles. The first-order chi connectivity index (χ1) is 10.8. The number of aromatic nitrogens is 1. The number of para-hydroxylation sites is 1. The van der Waals surface area contributed by atoms with Crippen LogP contribution in [0.5, 0.6) is 11.5 Å². The van der Waals surface area contributed by atoms with Crippen LogP contribution >= 0.6 is 24.8 Å². The van der Waals surface area contributed by atoms with Gasteiger partial charge in [0, 0.05) is 24.8 Å². The first kappa shape index (κ1) is 20.2. The van der Waals surface area contributed by atoms with Crippen molar-refractivity contribution in [2.45, 2.75) is 18.9 Å². The Morgan fingerprint density at radius 3 is 2.54 bits per heavy atom. The summed E-state index contributed by atoms with van der Waals surface area (Å²) >= 11 is 0. The molecule has 0 radical (unpaired) electrons. The molecule has 5 nitrogen and oxygen atoms in total. The third-order valence-electron chi connectivity index (χ3n) is 3.70. The molecule has 1 aliphatic rings. The van der Waals surface area contributed by atoms with E-state index in [1.54, 1.807) is 18.3 Å². The van der Waals surface area contributed by atoms with Crippen LogP contribution in [0.25, 0.3) is 0 Å². The number of hydrogen-bond acceptors (Lipinski definition) is 4. The van der Waals surface area contributed by atoms with Gasteiger partial charge in [0.2, 0.25) is 0 Å². The van der Waals surface area contributed by atoms with Crippen LogP contribution < -0.4 is 15.8 Å². The van der Waals surface area contributed by atoms with Gasteiger partial charge in [0.05, 0.1) is 0 Å². The van der Waals surface area contributed by atoms with Gasteiger partial charge in [-0.2, -0.15) is 0 Å². The Balaban J connectivity index is 0.00000144. The van der Waals surface area contributed by atoms with Gasteiger partial charge in [-0.1, -0.05) is 18.2 Å². The molecule has 2 aromatic rings. The van der Waals surface area contributed by atoms with Gasteiger partial charge in [-0.25, -0.2) is 0 Å². The second-order valence-corrected chi connectivity index (χ2v) is 5.44. The summed E-state index contributed by atoms with van der Waals surface area (Å²) in [6, 6.07) is 12.8. The third kappa shape index (κ3) is 5.37. The molecule has 0 bridgehead atoms. The number of nitrogens with zero attached hydrogens (tertiary/aromatic N) is 1. The number of amides is 1. The van der Waals surface area contributed by atoms with Gasteiger partial charge in [-0.05, 0) is 37.0 Å². The number of nitrogens with two attached hydrogens (primary N) is 1. The average Bonchev–Trinajstić information content (AvgIpc) is 3.38. The highest BCUT2D eigenvalue weighted by Crippen LogP contribution is 2.32. The van der Waals surface area contributed by atoms with E-state index in [9.17, 15) is 4.79 Å². The van der Waals surface area contributed by atoms with Crippen molar-refractivity contribution in [3.63, 3.8) is 0 Å². The second-order valence-electron chi connectivity index (χ2n) is 5.44. The minimum atomic E-state index is -0.208. The number of carbonyl (C=O) groups is 1. The molecule has 1 unspecified atom stereocenters. The first-order valence-corrected chi connectivity index (χ1v) is 7.46. The van der Waals surface area contributed by atoms with Crippen LogP contribution in [-0.4, -0.2) is 23.5 Å². The monoisotopic (exact) mass is 369 g/mol. The summed E-state index contributed by atoms with van der Waals surface area (Å²) in [7, 11) is 0. The first-order valence-electron chi connectivity index (χ1n) is 7.46. The summed E-state index contributed by atoms with van der Waals surface area (Å²) in [5.74, 6) is 1.61. The SMILES string of the molecule is Cl.Cl.NCC(NC(=O)c1cc(Oc2ccccc2)ccn1)C1CC1. The van der Waals surface area contributed by atoms with E-state index in [4.69, 9.17) is 10.5 Å². The van der Waals surface area contributed by atoms with E-state index in [-0.39, 0.29) is 36.8 Å². The number of benzene rings is 1. The van der Waals surface area contributed by atoms with Crippen molar-refractivity contribution in [1.29, 1.82) is 0 Å². The Bertz CT molecular complexity index is 651. The van der Waals surface area contributed by atoms with E-state index in [0.29, 0.717) is 23.9 Å². The molecular formula is C17H21Cl2N3O2. The summed E-state index contributed by atoms with van der Waals surface area (Å²) in [5, 5.41) is 2.95. The van der Waals surface area contributed by atoms with E-state index in [1.165, 1.54) is 0 Å².